The zero-order chi connectivity index (χ0) is 17.6. The van der Waals surface area contributed by atoms with Crippen LogP contribution in [0.3, 0.4) is 0 Å². The maximum absolute atomic E-state index is 12.4. The maximum atomic E-state index is 12.4. The van der Waals surface area contributed by atoms with E-state index in [1.54, 1.807) is 10.7 Å². The molecule has 1 fully saturated rings. The lowest BCUT2D eigenvalue weighted by molar-refractivity contribution is -0.133. The van der Waals surface area contributed by atoms with E-state index in [0.29, 0.717) is 12.4 Å². The second kappa shape index (κ2) is 8.02. The minimum atomic E-state index is 0.0648. The van der Waals surface area contributed by atoms with Crippen LogP contribution in [-0.4, -0.2) is 64.8 Å². The molecule has 3 rings (SSSR count). The number of anilines is 1. The molecule has 1 aliphatic rings. The normalized spacial score (nSPS) is 15.3. The summed E-state index contributed by atoms with van der Waals surface area (Å²) in [5.74, 6) is 1.49. The number of aryl methyl sites for hydroxylation is 1. The van der Waals surface area contributed by atoms with Gasteiger partial charge in [0.2, 0.25) is 5.91 Å². The Bertz CT molecular complexity index is 693. The molecule has 0 saturated carbocycles. The van der Waals surface area contributed by atoms with Crippen molar-refractivity contribution >= 4 is 11.7 Å². The molecular weight excluding hydrogens is 318 g/mol. The van der Waals surface area contributed by atoms with Crippen LogP contribution in [0.5, 0.6) is 5.75 Å². The maximum Gasteiger partial charge on any atom is 0.244 e. The predicted molar refractivity (Wildman–Crippen MR) is 96.3 cm³/mol. The van der Waals surface area contributed by atoms with Crippen molar-refractivity contribution in [3.05, 3.63) is 42.1 Å². The number of nitrogen functional groups attached to an aromatic ring is 1. The molecule has 2 aromatic rings. The molecule has 7 heteroatoms. The minimum absolute atomic E-state index is 0.0648. The first-order valence-corrected chi connectivity index (χ1v) is 8.60. The molecule has 1 aromatic heterocycles. The first-order valence-electron chi connectivity index (χ1n) is 8.60. The first-order chi connectivity index (χ1) is 12.1. The number of carbonyl (C=O) groups excluding carboxylic acids is 1. The largest absolute Gasteiger partial charge is 0.492 e. The van der Waals surface area contributed by atoms with E-state index in [4.69, 9.17) is 10.5 Å². The van der Waals surface area contributed by atoms with Gasteiger partial charge in [-0.1, -0.05) is 18.2 Å². The van der Waals surface area contributed by atoms with Crippen LogP contribution in [0, 0.1) is 6.92 Å². The number of aromatic nitrogens is 2. The van der Waals surface area contributed by atoms with Crippen molar-refractivity contribution in [2.24, 2.45) is 0 Å². The number of carbonyl (C=O) groups is 1. The van der Waals surface area contributed by atoms with E-state index in [1.807, 2.05) is 42.2 Å². The zero-order valence-corrected chi connectivity index (χ0v) is 14.6. The molecule has 134 valence electrons. The van der Waals surface area contributed by atoms with Crippen molar-refractivity contribution in [1.82, 2.24) is 19.6 Å². The van der Waals surface area contributed by atoms with E-state index < -0.39 is 0 Å². The van der Waals surface area contributed by atoms with Gasteiger partial charge in [0, 0.05) is 38.8 Å². The Morgan fingerprint density at radius 1 is 1.20 bits per heavy atom. The summed E-state index contributed by atoms with van der Waals surface area (Å²) in [6.07, 6.45) is 0. The Morgan fingerprint density at radius 3 is 2.56 bits per heavy atom. The number of benzene rings is 1. The third-order valence-corrected chi connectivity index (χ3v) is 4.36. The summed E-state index contributed by atoms with van der Waals surface area (Å²) >= 11 is 0. The summed E-state index contributed by atoms with van der Waals surface area (Å²) in [5, 5.41) is 4.25. The molecule has 1 aromatic carbocycles. The van der Waals surface area contributed by atoms with Gasteiger partial charge in [0.25, 0.3) is 0 Å². The van der Waals surface area contributed by atoms with Gasteiger partial charge in [-0.25, -0.2) is 4.68 Å². The van der Waals surface area contributed by atoms with Crippen molar-refractivity contribution in [2.75, 3.05) is 45.1 Å². The Labute approximate surface area is 148 Å². The van der Waals surface area contributed by atoms with Crippen molar-refractivity contribution in [2.45, 2.75) is 13.5 Å². The quantitative estimate of drug-likeness (QED) is 0.847. The van der Waals surface area contributed by atoms with Crippen molar-refractivity contribution in [1.29, 1.82) is 0 Å². The number of hydrogen-bond donors (Lipinski definition) is 1. The Kier molecular flexibility index (Phi) is 5.55. The molecule has 1 amide bonds. The van der Waals surface area contributed by atoms with E-state index in [9.17, 15) is 4.79 Å². The Hall–Kier alpha value is -2.54. The van der Waals surface area contributed by atoms with Gasteiger partial charge >= 0.3 is 0 Å². The van der Waals surface area contributed by atoms with Crippen molar-refractivity contribution in [3.8, 4) is 5.75 Å². The van der Waals surface area contributed by atoms with E-state index in [0.717, 1.165) is 44.2 Å². The zero-order valence-electron chi connectivity index (χ0n) is 14.6. The number of para-hydroxylation sites is 1. The SMILES string of the molecule is Cc1cc(N)n(CC(=O)N2CCN(CCOc3ccccc3)CC2)n1. The number of hydrogen-bond acceptors (Lipinski definition) is 5. The topological polar surface area (TPSA) is 76.6 Å². The van der Waals surface area contributed by atoms with Crippen LogP contribution in [0.1, 0.15) is 5.69 Å². The molecule has 0 unspecified atom stereocenters. The van der Waals surface area contributed by atoms with Crippen LogP contribution < -0.4 is 10.5 Å². The van der Waals surface area contributed by atoms with Gasteiger partial charge < -0.3 is 15.4 Å². The second-order valence-electron chi connectivity index (χ2n) is 6.25. The summed E-state index contributed by atoms with van der Waals surface area (Å²) in [6.45, 7) is 6.76. The van der Waals surface area contributed by atoms with Crippen molar-refractivity contribution < 1.29 is 9.53 Å². The lowest BCUT2D eigenvalue weighted by atomic mass is 10.3. The summed E-state index contributed by atoms with van der Waals surface area (Å²) in [7, 11) is 0. The van der Waals surface area contributed by atoms with Gasteiger partial charge in [0.05, 0.1) is 5.69 Å². The number of rotatable bonds is 6. The third kappa shape index (κ3) is 4.73. The van der Waals surface area contributed by atoms with Crippen LogP contribution >= 0.6 is 0 Å². The second-order valence-corrected chi connectivity index (χ2v) is 6.25. The average Bonchev–Trinajstić information content (AvgIpc) is 2.93. The third-order valence-electron chi connectivity index (χ3n) is 4.36. The standard InChI is InChI=1S/C18H25N5O2/c1-15-13-17(19)23(20-15)14-18(24)22-9-7-21(8-10-22)11-12-25-16-5-3-2-4-6-16/h2-6,13H,7-12,14,19H2,1H3. The fraction of sp³-hybridized carbons (Fsp3) is 0.444. The van der Waals surface area contributed by atoms with Crippen LogP contribution in [0.4, 0.5) is 5.82 Å². The Morgan fingerprint density at radius 2 is 1.92 bits per heavy atom. The summed E-state index contributed by atoms with van der Waals surface area (Å²) in [5.41, 5.74) is 6.68. The van der Waals surface area contributed by atoms with E-state index in [-0.39, 0.29) is 12.5 Å². The highest BCUT2D eigenvalue weighted by Gasteiger charge is 2.21. The molecule has 2 N–H and O–H groups in total. The van der Waals surface area contributed by atoms with Gasteiger partial charge in [-0.2, -0.15) is 5.10 Å². The predicted octanol–water partition coefficient (Wildman–Crippen LogP) is 0.997. The molecular formula is C18H25N5O2. The number of piperazine rings is 1. The van der Waals surface area contributed by atoms with Gasteiger partial charge in [-0.15, -0.1) is 0 Å². The monoisotopic (exact) mass is 343 g/mol. The van der Waals surface area contributed by atoms with Crippen molar-refractivity contribution in [3.63, 3.8) is 0 Å². The number of nitrogens with two attached hydrogens (primary N) is 1. The molecule has 1 aliphatic heterocycles. The summed E-state index contributed by atoms with van der Waals surface area (Å²) < 4.78 is 7.30. The van der Waals surface area contributed by atoms with E-state index in [1.165, 1.54) is 0 Å². The highest BCUT2D eigenvalue weighted by molar-refractivity contribution is 5.76. The highest BCUT2D eigenvalue weighted by atomic mass is 16.5. The van der Waals surface area contributed by atoms with Gasteiger partial charge in [-0.05, 0) is 19.1 Å². The molecule has 7 nitrogen and oxygen atoms in total. The minimum Gasteiger partial charge on any atom is -0.492 e. The number of ether oxygens (including phenoxy) is 1. The molecule has 0 atom stereocenters. The van der Waals surface area contributed by atoms with Gasteiger partial charge in [0.15, 0.2) is 0 Å². The van der Waals surface area contributed by atoms with Crippen LogP contribution in [0.25, 0.3) is 0 Å². The molecule has 0 radical (unpaired) electrons. The molecule has 0 bridgehead atoms. The molecule has 25 heavy (non-hydrogen) atoms. The van der Waals surface area contributed by atoms with E-state index in [2.05, 4.69) is 10.00 Å². The molecule has 1 saturated heterocycles. The molecule has 2 heterocycles. The number of nitrogens with zero attached hydrogens (tertiary/aromatic N) is 4. The van der Waals surface area contributed by atoms with E-state index >= 15 is 0 Å². The lowest BCUT2D eigenvalue weighted by Gasteiger charge is -2.34. The molecule has 0 spiro atoms. The van der Waals surface area contributed by atoms with Crippen LogP contribution in [0.15, 0.2) is 36.4 Å². The fourth-order valence-electron chi connectivity index (χ4n) is 2.95. The lowest BCUT2D eigenvalue weighted by Crippen LogP contribution is -2.50. The smallest absolute Gasteiger partial charge is 0.244 e. The summed E-state index contributed by atoms with van der Waals surface area (Å²) in [6, 6.07) is 11.6. The number of amides is 1. The highest BCUT2D eigenvalue weighted by Crippen LogP contribution is 2.10. The first kappa shape index (κ1) is 17.3. The van der Waals surface area contributed by atoms with Crippen LogP contribution in [-0.2, 0) is 11.3 Å². The molecule has 0 aliphatic carbocycles. The summed E-state index contributed by atoms with van der Waals surface area (Å²) in [4.78, 5) is 16.6. The average molecular weight is 343 g/mol. The van der Waals surface area contributed by atoms with Gasteiger partial charge in [0.1, 0.15) is 24.7 Å². The Balaban J connectivity index is 1.39. The van der Waals surface area contributed by atoms with Gasteiger partial charge in [-0.3, -0.25) is 9.69 Å². The van der Waals surface area contributed by atoms with Crippen LogP contribution in [0.2, 0.25) is 0 Å². The fourth-order valence-corrected chi connectivity index (χ4v) is 2.95.